The van der Waals surface area contributed by atoms with Crippen molar-refractivity contribution in [2.24, 2.45) is 0 Å². The Morgan fingerprint density at radius 3 is 2.64 bits per heavy atom. The van der Waals surface area contributed by atoms with Crippen LogP contribution in [0.15, 0.2) is 42.5 Å². The molecular weight excluding hydrogens is 372 g/mol. The zero-order chi connectivity index (χ0) is 18.4. The van der Waals surface area contributed by atoms with Crippen molar-refractivity contribution in [3.8, 4) is 5.75 Å². The third kappa shape index (κ3) is 5.92. The summed E-state index contributed by atoms with van der Waals surface area (Å²) in [6.07, 6.45) is -1.09. The first-order valence-corrected chi connectivity index (χ1v) is 7.94. The first kappa shape index (κ1) is 19.0. The fourth-order valence-corrected chi connectivity index (χ4v) is 2.20. The average Bonchev–Trinajstić information content (AvgIpc) is 2.55. The maximum absolute atomic E-state index is 13.0. The van der Waals surface area contributed by atoms with E-state index in [1.54, 1.807) is 24.3 Å². The number of rotatable bonds is 6. The number of hydrogen-bond acceptors (Lipinski definition) is 4. The standard InChI is InChI=1S/C17H14Cl2FNO4/c1-10(17(23)21-15-6-5-12(20)8-14(15)19)25-16(22)9-24-13-4-2-3-11(18)7-13/h2-8,10H,9H2,1H3,(H,21,23)/t10-/m1/s1. The van der Waals surface area contributed by atoms with Crippen molar-refractivity contribution in [2.75, 3.05) is 11.9 Å². The minimum absolute atomic E-state index is 0.0381. The Morgan fingerprint density at radius 1 is 1.20 bits per heavy atom. The summed E-state index contributed by atoms with van der Waals surface area (Å²) < 4.78 is 23.2. The number of esters is 1. The predicted molar refractivity (Wildman–Crippen MR) is 92.5 cm³/mol. The van der Waals surface area contributed by atoms with Gasteiger partial charge in [0.2, 0.25) is 0 Å². The highest BCUT2D eigenvalue weighted by Gasteiger charge is 2.19. The number of anilines is 1. The molecule has 0 unspecified atom stereocenters. The van der Waals surface area contributed by atoms with Crippen LogP contribution >= 0.6 is 23.2 Å². The Balaban J connectivity index is 1.84. The lowest BCUT2D eigenvalue weighted by atomic mass is 10.3. The van der Waals surface area contributed by atoms with Gasteiger partial charge in [-0.15, -0.1) is 0 Å². The number of ether oxygens (including phenoxy) is 2. The van der Waals surface area contributed by atoms with Gasteiger partial charge in [-0.05, 0) is 43.3 Å². The average molecular weight is 386 g/mol. The number of benzene rings is 2. The highest BCUT2D eigenvalue weighted by Crippen LogP contribution is 2.22. The van der Waals surface area contributed by atoms with E-state index < -0.39 is 23.8 Å². The molecule has 0 heterocycles. The zero-order valence-corrected chi connectivity index (χ0v) is 14.6. The van der Waals surface area contributed by atoms with Crippen LogP contribution in [-0.4, -0.2) is 24.6 Å². The van der Waals surface area contributed by atoms with Crippen LogP contribution in [-0.2, 0) is 14.3 Å². The number of carbonyl (C=O) groups is 2. The van der Waals surface area contributed by atoms with Crippen LogP contribution in [0.1, 0.15) is 6.92 Å². The third-order valence-corrected chi connectivity index (χ3v) is 3.57. The molecule has 25 heavy (non-hydrogen) atoms. The maximum atomic E-state index is 13.0. The van der Waals surface area contributed by atoms with E-state index in [2.05, 4.69) is 5.32 Å². The normalized spacial score (nSPS) is 11.5. The van der Waals surface area contributed by atoms with Gasteiger partial charge in [0.15, 0.2) is 12.7 Å². The van der Waals surface area contributed by atoms with Crippen molar-refractivity contribution < 1.29 is 23.5 Å². The molecule has 0 radical (unpaired) electrons. The second kappa shape index (κ2) is 8.69. The molecule has 0 saturated carbocycles. The summed E-state index contributed by atoms with van der Waals surface area (Å²) in [5, 5.41) is 2.96. The first-order valence-electron chi connectivity index (χ1n) is 7.19. The molecular formula is C17H14Cl2FNO4. The Bertz CT molecular complexity index is 785. The van der Waals surface area contributed by atoms with E-state index in [0.29, 0.717) is 10.8 Å². The van der Waals surface area contributed by atoms with E-state index in [1.165, 1.54) is 13.0 Å². The molecule has 1 N–H and O–H groups in total. The summed E-state index contributed by atoms with van der Waals surface area (Å²) in [6, 6.07) is 10.0. The number of nitrogens with one attached hydrogen (secondary N) is 1. The van der Waals surface area contributed by atoms with Gasteiger partial charge in [0.25, 0.3) is 5.91 Å². The van der Waals surface area contributed by atoms with Gasteiger partial charge >= 0.3 is 5.97 Å². The van der Waals surface area contributed by atoms with Crippen LogP contribution in [0.5, 0.6) is 5.75 Å². The lowest BCUT2D eigenvalue weighted by molar-refractivity contribution is -0.155. The molecule has 0 spiro atoms. The molecule has 2 aromatic carbocycles. The number of amides is 1. The molecule has 0 aliphatic heterocycles. The molecule has 1 amide bonds. The molecule has 0 saturated heterocycles. The van der Waals surface area contributed by atoms with Crippen molar-refractivity contribution in [1.29, 1.82) is 0 Å². The Kier molecular flexibility index (Phi) is 6.61. The minimum Gasteiger partial charge on any atom is -0.482 e. The lowest BCUT2D eigenvalue weighted by Gasteiger charge is -2.14. The quantitative estimate of drug-likeness (QED) is 0.760. The molecule has 0 aromatic heterocycles. The number of hydrogen-bond donors (Lipinski definition) is 1. The molecule has 0 bridgehead atoms. The summed E-state index contributed by atoms with van der Waals surface area (Å²) in [4.78, 5) is 23.7. The Hall–Kier alpha value is -2.31. The monoisotopic (exact) mass is 385 g/mol. The largest absolute Gasteiger partial charge is 0.482 e. The summed E-state index contributed by atoms with van der Waals surface area (Å²) >= 11 is 11.6. The smallest absolute Gasteiger partial charge is 0.344 e. The fraction of sp³-hybridized carbons (Fsp3) is 0.176. The van der Waals surface area contributed by atoms with Crippen molar-refractivity contribution in [3.63, 3.8) is 0 Å². The van der Waals surface area contributed by atoms with Gasteiger partial charge in [-0.3, -0.25) is 4.79 Å². The van der Waals surface area contributed by atoms with E-state index in [-0.39, 0.29) is 17.3 Å². The third-order valence-electron chi connectivity index (χ3n) is 3.02. The zero-order valence-electron chi connectivity index (χ0n) is 13.1. The van der Waals surface area contributed by atoms with Crippen LogP contribution in [0.3, 0.4) is 0 Å². The highest BCUT2D eigenvalue weighted by atomic mass is 35.5. The van der Waals surface area contributed by atoms with Gasteiger partial charge in [-0.2, -0.15) is 0 Å². The molecule has 2 aromatic rings. The topological polar surface area (TPSA) is 64.6 Å². The lowest BCUT2D eigenvalue weighted by Crippen LogP contribution is -2.31. The molecule has 0 aliphatic rings. The molecule has 0 fully saturated rings. The fourth-order valence-electron chi connectivity index (χ4n) is 1.81. The van der Waals surface area contributed by atoms with Gasteiger partial charge in [0.1, 0.15) is 11.6 Å². The van der Waals surface area contributed by atoms with Gasteiger partial charge in [-0.1, -0.05) is 29.3 Å². The van der Waals surface area contributed by atoms with Gasteiger partial charge in [0, 0.05) is 5.02 Å². The molecule has 132 valence electrons. The van der Waals surface area contributed by atoms with Crippen LogP contribution < -0.4 is 10.1 Å². The van der Waals surface area contributed by atoms with E-state index in [4.69, 9.17) is 32.7 Å². The SMILES string of the molecule is C[C@@H](OC(=O)COc1cccc(Cl)c1)C(=O)Nc1ccc(F)cc1Cl. The van der Waals surface area contributed by atoms with Crippen molar-refractivity contribution in [1.82, 2.24) is 0 Å². The maximum Gasteiger partial charge on any atom is 0.344 e. The minimum atomic E-state index is -1.09. The van der Waals surface area contributed by atoms with Crippen LogP contribution in [0, 0.1) is 5.82 Å². The first-order chi connectivity index (χ1) is 11.8. The second-order valence-corrected chi connectivity index (χ2v) is 5.84. The number of halogens is 3. The molecule has 0 aliphatic carbocycles. The molecule has 2 rings (SSSR count). The summed E-state index contributed by atoms with van der Waals surface area (Å²) in [5.74, 6) is -1.46. The van der Waals surface area contributed by atoms with Gasteiger partial charge in [0.05, 0.1) is 10.7 Å². The summed E-state index contributed by atoms with van der Waals surface area (Å²) in [6.45, 7) is 1.01. The second-order valence-electron chi connectivity index (χ2n) is 4.99. The molecule has 5 nitrogen and oxygen atoms in total. The van der Waals surface area contributed by atoms with Crippen molar-refractivity contribution >= 4 is 40.8 Å². The predicted octanol–water partition coefficient (Wildman–Crippen LogP) is 4.08. The van der Waals surface area contributed by atoms with E-state index >= 15 is 0 Å². The van der Waals surface area contributed by atoms with E-state index in [1.807, 2.05) is 0 Å². The number of carbonyl (C=O) groups excluding carboxylic acids is 2. The molecule has 8 heteroatoms. The van der Waals surface area contributed by atoms with Crippen LogP contribution in [0.2, 0.25) is 10.0 Å². The Morgan fingerprint density at radius 2 is 1.96 bits per heavy atom. The van der Waals surface area contributed by atoms with E-state index in [0.717, 1.165) is 12.1 Å². The Labute approximate surface area is 153 Å². The summed E-state index contributed by atoms with van der Waals surface area (Å²) in [5.41, 5.74) is 0.214. The highest BCUT2D eigenvalue weighted by molar-refractivity contribution is 6.33. The van der Waals surface area contributed by atoms with Crippen LogP contribution in [0.4, 0.5) is 10.1 Å². The van der Waals surface area contributed by atoms with Crippen LogP contribution in [0.25, 0.3) is 0 Å². The summed E-state index contributed by atoms with van der Waals surface area (Å²) in [7, 11) is 0. The van der Waals surface area contributed by atoms with Gasteiger partial charge in [-0.25, -0.2) is 9.18 Å². The van der Waals surface area contributed by atoms with Gasteiger partial charge < -0.3 is 14.8 Å². The van der Waals surface area contributed by atoms with Crippen molar-refractivity contribution in [3.05, 3.63) is 58.3 Å². The molecule has 1 atom stereocenters. The van der Waals surface area contributed by atoms with E-state index in [9.17, 15) is 14.0 Å². The van der Waals surface area contributed by atoms with Crippen molar-refractivity contribution in [2.45, 2.75) is 13.0 Å².